The largest absolute Gasteiger partial charge is 0.494 e. The molecule has 0 aliphatic rings. The van der Waals surface area contributed by atoms with Crippen molar-refractivity contribution in [2.45, 2.75) is 24.7 Å². The molecule has 212 valence electrons. The Kier molecular flexibility index (Phi) is 7.91. The van der Waals surface area contributed by atoms with E-state index in [1.165, 1.54) is 46.1 Å². The van der Waals surface area contributed by atoms with Crippen molar-refractivity contribution >= 4 is 10.0 Å². The molecule has 0 fully saturated rings. The molecule has 3 heterocycles. The van der Waals surface area contributed by atoms with Crippen LogP contribution in [-0.4, -0.2) is 76.9 Å². The number of primary sulfonamides is 1. The second kappa shape index (κ2) is 11.0. The molecule has 0 saturated carbocycles. The number of hydrogen-bond donors (Lipinski definition) is 2. The second-order valence-electron chi connectivity index (χ2n) is 8.63. The first kappa shape index (κ1) is 28.7. The van der Waals surface area contributed by atoms with Crippen molar-refractivity contribution in [3.05, 3.63) is 59.8 Å². The highest BCUT2D eigenvalue weighted by Gasteiger charge is 2.52. The van der Waals surface area contributed by atoms with Gasteiger partial charge in [0.15, 0.2) is 17.2 Å². The quantitative estimate of drug-likeness (QED) is 0.279. The van der Waals surface area contributed by atoms with Crippen molar-refractivity contribution in [2.24, 2.45) is 5.14 Å². The van der Waals surface area contributed by atoms with Crippen LogP contribution in [0.5, 0.6) is 23.3 Å². The van der Waals surface area contributed by atoms with Crippen LogP contribution >= 0.6 is 0 Å². The van der Waals surface area contributed by atoms with Gasteiger partial charge in [-0.1, -0.05) is 12.1 Å². The Bertz CT molecular complexity index is 1620. The summed E-state index contributed by atoms with van der Waals surface area (Å²) >= 11 is 0. The van der Waals surface area contributed by atoms with E-state index in [0.717, 1.165) is 0 Å². The van der Waals surface area contributed by atoms with Gasteiger partial charge in [-0.3, -0.25) is 9.55 Å². The van der Waals surface area contributed by atoms with Crippen LogP contribution < -0.4 is 24.1 Å². The molecular weight excluding hydrogens is 542 g/mol. The monoisotopic (exact) mass is 571 g/mol. The SMILES string of the molecule is COc1cccc(-c2nnc(C(O)(c3ncc(C)nc3OC)C(C)S(N)(=O)=O)n2-c2c(OC)cccc2OC)n1. The van der Waals surface area contributed by atoms with Crippen molar-refractivity contribution in [3.63, 3.8) is 0 Å². The number of aromatic nitrogens is 6. The van der Waals surface area contributed by atoms with Crippen LogP contribution in [0.15, 0.2) is 42.6 Å². The number of sulfonamides is 1. The van der Waals surface area contributed by atoms with Gasteiger partial charge in [0, 0.05) is 12.3 Å². The lowest BCUT2D eigenvalue weighted by atomic mass is 9.93. The number of pyridine rings is 1. The van der Waals surface area contributed by atoms with Crippen LogP contribution in [0.3, 0.4) is 0 Å². The van der Waals surface area contributed by atoms with Crippen molar-refractivity contribution in [1.29, 1.82) is 0 Å². The van der Waals surface area contributed by atoms with Crippen LogP contribution in [0.4, 0.5) is 0 Å². The molecule has 0 aliphatic heterocycles. The molecule has 4 rings (SSSR count). The summed E-state index contributed by atoms with van der Waals surface area (Å²) < 4.78 is 49.0. The molecule has 1 aromatic carbocycles. The number of para-hydroxylation sites is 1. The molecule has 0 aliphatic carbocycles. The standard InChI is InChI=1S/C25H29N7O7S/c1-14-13-27-21(23(28-14)39-6)25(33,15(2)40(26,34)35)24-31-30-22(16-9-7-12-19(29-16)38-5)32(24)20-17(36-3)10-8-11-18(20)37-4/h7-13,15,33H,1-6H3,(H2,26,34,35). The predicted octanol–water partition coefficient (Wildman–Crippen LogP) is 1.38. The summed E-state index contributed by atoms with van der Waals surface area (Å²) in [5.41, 5.74) is -1.84. The summed E-state index contributed by atoms with van der Waals surface area (Å²) in [6.07, 6.45) is 1.35. The highest BCUT2D eigenvalue weighted by molar-refractivity contribution is 7.89. The highest BCUT2D eigenvalue weighted by atomic mass is 32.2. The predicted molar refractivity (Wildman–Crippen MR) is 143 cm³/mol. The third kappa shape index (κ3) is 4.89. The van der Waals surface area contributed by atoms with E-state index in [1.54, 1.807) is 43.3 Å². The number of hydrogen-bond acceptors (Lipinski definition) is 12. The molecule has 3 N–H and O–H groups in total. The molecule has 15 heteroatoms. The lowest BCUT2D eigenvalue weighted by Crippen LogP contribution is -2.48. The maximum Gasteiger partial charge on any atom is 0.239 e. The van der Waals surface area contributed by atoms with Gasteiger partial charge >= 0.3 is 0 Å². The summed E-state index contributed by atoms with van der Waals surface area (Å²) in [5.74, 6) is 0.512. The molecule has 4 aromatic rings. The van der Waals surface area contributed by atoms with Gasteiger partial charge in [0.05, 0.1) is 34.1 Å². The zero-order chi connectivity index (χ0) is 29.2. The van der Waals surface area contributed by atoms with Gasteiger partial charge < -0.3 is 24.1 Å². The average molecular weight is 572 g/mol. The molecule has 0 saturated heterocycles. The maximum absolute atomic E-state index is 12.8. The summed E-state index contributed by atoms with van der Waals surface area (Å²) in [6, 6.07) is 9.97. The molecule has 40 heavy (non-hydrogen) atoms. The van der Waals surface area contributed by atoms with Gasteiger partial charge in [-0.2, -0.15) is 0 Å². The normalized spacial score (nSPS) is 13.8. The number of aryl methyl sites for hydroxylation is 1. The summed E-state index contributed by atoms with van der Waals surface area (Å²) in [5, 5.41) is 25.0. The maximum atomic E-state index is 12.8. The number of aliphatic hydroxyl groups is 1. The van der Waals surface area contributed by atoms with E-state index in [1.807, 2.05) is 0 Å². The summed E-state index contributed by atoms with van der Waals surface area (Å²) in [6.45, 7) is 2.88. The zero-order valence-electron chi connectivity index (χ0n) is 22.7. The highest BCUT2D eigenvalue weighted by Crippen LogP contribution is 2.43. The number of methoxy groups -OCH3 is 4. The number of nitrogens with zero attached hydrogens (tertiary/aromatic N) is 6. The fraction of sp³-hybridized carbons (Fsp3) is 0.320. The Labute approximate surface area is 230 Å². The van der Waals surface area contributed by atoms with Crippen LogP contribution in [0, 0.1) is 6.92 Å². The lowest BCUT2D eigenvalue weighted by Gasteiger charge is -2.32. The molecule has 0 radical (unpaired) electrons. The van der Waals surface area contributed by atoms with Gasteiger partial charge in [-0.25, -0.2) is 23.5 Å². The van der Waals surface area contributed by atoms with E-state index >= 15 is 0 Å². The Balaban J connectivity index is 2.21. The van der Waals surface area contributed by atoms with Gasteiger partial charge in [0.2, 0.25) is 21.8 Å². The molecule has 0 spiro atoms. The Morgan fingerprint density at radius 3 is 2.17 bits per heavy atom. The Morgan fingerprint density at radius 2 is 1.60 bits per heavy atom. The van der Waals surface area contributed by atoms with E-state index in [9.17, 15) is 13.5 Å². The molecule has 2 atom stereocenters. The number of nitrogens with two attached hydrogens (primary N) is 1. The molecular formula is C25H29N7O7S. The first-order chi connectivity index (χ1) is 19.0. The number of benzene rings is 1. The van der Waals surface area contributed by atoms with Crippen LogP contribution in [0.25, 0.3) is 17.2 Å². The summed E-state index contributed by atoms with van der Waals surface area (Å²) in [7, 11) is 1.22. The first-order valence-corrected chi connectivity index (χ1v) is 13.4. The smallest absolute Gasteiger partial charge is 0.239 e. The minimum absolute atomic E-state index is 0.0933. The number of ether oxygens (including phenoxy) is 4. The van der Waals surface area contributed by atoms with Crippen molar-refractivity contribution < 1.29 is 32.5 Å². The van der Waals surface area contributed by atoms with Crippen molar-refractivity contribution in [1.82, 2.24) is 29.7 Å². The molecule has 2 unspecified atom stereocenters. The zero-order valence-corrected chi connectivity index (χ0v) is 23.5. The lowest BCUT2D eigenvalue weighted by molar-refractivity contribution is 0.0599. The van der Waals surface area contributed by atoms with Gasteiger partial charge in [0.1, 0.15) is 33.8 Å². The Morgan fingerprint density at radius 1 is 0.950 bits per heavy atom. The van der Waals surface area contributed by atoms with Gasteiger partial charge in [-0.05, 0) is 32.0 Å². The summed E-state index contributed by atoms with van der Waals surface area (Å²) in [4.78, 5) is 13.1. The number of rotatable bonds is 10. The van der Waals surface area contributed by atoms with Gasteiger partial charge in [-0.15, -0.1) is 10.2 Å². The minimum atomic E-state index is -4.44. The Hall–Kier alpha value is -4.34. The van der Waals surface area contributed by atoms with E-state index in [-0.39, 0.29) is 52.0 Å². The third-order valence-electron chi connectivity index (χ3n) is 6.29. The molecule has 0 amide bonds. The minimum Gasteiger partial charge on any atom is -0.494 e. The van der Waals surface area contributed by atoms with Crippen LogP contribution in [0.2, 0.25) is 0 Å². The second-order valence-corrected chi connectivity index (χ2v) is 10.5. The van der Waals surface area contributed by atoms with Crippen LogP contribution in [-0.2, 0) is 15.6 Å². The molecule has 3 aromatic heterocycles. The van der Waals surface area contributed by atoms with E-state index < -0.39 is 20.9 Å². The molecule has 14 nitrogen and oxygen atoms in total. The molecule has 0 bridgehead atoms. The van der Waals surface area contributed by atoms with E-state index in [2.05, 4.69) is 25.1 Å². The fourth-order valence-corrected chi connectivity index (χ4v) is 4.88. The van der Waals surface area contributed by atoms with E-state index in [0.29, 0.717) is 5.69 Å². The van der Waals surface area contributed by atoms with E-state index in [4.69, 9.17) is 24.1 Å². The average Bonchev–Trinajstić information content (AvgIpc) is 3.40. The van der Waals surface area contributed by atoms with Gasteiger partial charge in [0.25, 0.3) is 0 Å². The third-order valence-corrected chi connectivity index (χ3v) is 7.61. The van der Waals surface area contributed by atoms with Crippen molar-refractivity contribution in [2.75, 3.05) is 28.4 Å². The first-order valence-electron chi connectivity index (χ1n) is 11.8. The van der Waals surface area contributed by atoms with Crippen LogP contribution in [0.1, 0.15) is 24.1 Å². The topological polar surface area (TPSA) is 187 Å². The fourth-order valence-electron chi connectivity index (χ4n) is 4.19. The van der Waals surface area contributed by atoms with Crippen molar-refractivity contribution in [3.8, 4) is 40.5 Å².